The molecule has 5 heteroatoms. The molecule has 5 nitrogen and oxygen atoms in total. The Morgan fingerprint density at radius 1 is 1.00 bits per heavy atom. The maximum Gasteiger partial charge on any atom is 0.227 e. The molecule has 22 heavy (non-hydrogen) atoms. The number of hydrogen-bond acceptors (Lipinski definition) is 4. The van der Waals surface area contributed by atoms with E-state index in [0.29, 0.717) is 22.0 Å². The molecule has 1 aliphatic rings. The van der Waals surface area contributed by atoms with Crippen molar-refractivity contribution in [2.24, 2.45) is 4.99 Å². The Kier molecular flexibility index (Phi) is 1.93. The molecule has 0 aliphatic carbocycles. The van der Waals surface area contributed by atoms with Gasteiger partial charge in [0.2, 0.25) is 5.62 Å². The van der Waals surface area contributed by atoms with Crippen molar-refractivity contribution in [3.05, 3.63) is 59.5 Å². The molecule has 0 amide bonds. The molecule has 1 aliphatic heterocycles. The van der Waals surface area contributed by atoms with Crippen LogP contribution in [0.4, 0.5) is 5.69 Å². The third kappa shape index (κ3) is 1.21. The fraction of sp³-hybridized carbons (Fsp3) is 0. The lowest BCUT2D eigenvalue weighted by Gasteiger charge is -2.00. The normalized spacial score (nSPS) is 12.4. The van der Waals surface area contributed by atoms with Crippen LogP contribution in [0.15, 0.2) is 53.5 Å². The highest BCUT2D eigenvalue weighted by atomic mass is 16.3. The molecule has 0 saturated carbocycles. The van der Waals surface area contributed by atoms with Crippen molar-refractivity contribution in [2.45, 2.75) is 0 Å². The smallest absolute Gasteiger partial charge is 0.227 e. The fourth-order valence-corrected chi connectivity index (χ4v) is 3.17. The zero-order valence-electron chi connectivity index (χ0n) is 11.4. The highest BCUT2D eigenvalue weighted by molar-refractivity contribution is 5.96. The molecule has 2 N–H and O–H groups in total. The number of nitrogens with zero attached hydrogens (tertiary/aromatic N) is 3. The van der Waals surface area contributed by atoms with Crippen LogP contribution in [0.1, 0.15) is 0 Å². The van der Waals surface area contributed by atoms with E-state index < -0.39 is 0 Å². The summed E-state index contributed by atoms with van der Waals surface area (Å²) in [4.78, 5) is 9.03. The topological polar surface area (TPSA) is 73.7 Å². The Balaban J connectivity index is 2.12. The maximum absolute atomic E-state index is 10.6. The van der Waals surface area contributed by atoms with E-state index in [1.807, 2.05) is 48.5 Å². The lowest BCUT2D eigenvalue weighted by molar-refractivity contribution is 0.486. The van der Waals surface area contributed by atoms with Gasteiger partial charge in [-0.2, -0.15) is 0 Å². The molecular formula is C17H10N4O. The third-order valence-corrected chi connectivity index (χ3v) is 4.12. The first kappa shape index (κ1) is 11.4. The standard InChI is InChI=1S/C17H10N4O/c18-17-20-13-9-5-1-3-7-11(9)19-14(13)15-16(22)10-6-2-4-8-12(10)21(15)17/h1-8,18,22H. The zero-order valence-corrected chi connectivity index (χ0v) is 11.4. The number of aromatic hydroxyl groups is 1. The van der Waals surface area contributed by atoms with Gasteiger partial charge in [0, 0.05) is 10.9 Å². The summed E-state index contributed by atoms with van der Waals surface area (Å²) in [7, 11) is 0. The minimum absolute atomic E-state index is 0.0946. The summed E-state index contributed by atoms with van der Waals surface area (Å²) >= 11 is 0. The Bertz CT molecular complexity index is 1210. The Morgan fingerprint density at radius 2 is 1.77 bits per heavy atom. The van der Waals surface area contributed by atoms with Gasteiger partial charge in [-0.15, -0.1) is 0 Å². The molecule has 4 aromatic rings. The van der Waals surface area contributed by atoms with Crippen LogP contribution in [0.3, 0.4) is 0 Å². The van der Waals surface area contributed by atoms with E-state index in [9.17, 15) is 5.11 Å². The summed E-state index contributed by atoms with van der Waals surface area (Å²) in [5, 5.41) is 20.2. The van der Waals surface area contributed by atoms with E-state index in [0.717, 1.165) is 16.8 Å². The van der Waals surface area contributed by atoms with Crippen molar-refractivity contribution in [3.8, 4) is 17.0 Å². The number of aromatic nitrogens is 2. The highest BCUT2D eigenvalue weighted by Crippen LogP contribution is 2.35. The second kappa shape index (κ2) is 3.71. The molecule has 2 aromatic carbocycles. The second-order valence-corrected chi connectivity index (χ2v) is 5.31. The monoisotopic (exact) mass is 286 g/mol. The first-order chi connectivity index (χ1) is 10.8. The number of benzene rings is 2. The van der Waals surface area contributed by atoms with E-state index in [4.69, 9.17) is 5.41 Å². The van der Waals surface area contributed by atoms with Gasteiger partial charge in [0.15, 0.2) is 5.75 Å². The van der Waals surface area contributed by atoms with Gasteiger partial charge < -0.3 is 5.11 Å². The van der Waals surface area contributed by atoms with Crippen LogP contribution < -0.4 is 11.0 Å². The third-order valence-electron chi connectivity index (χ3n) is 4.12. The lowest BCUT2D eigenvalue weighted by atomic mass is 10.1. The molecule has 104 valence electrons. The molecule has 0 bridgehead atoms. The van der Waals surface area contributed by atoms with E-state index >= 15 is 0 Å². The summed E-state index contributed by atoms with van der Waals surface area (Å²) in [5.41, 5.74) is 3.79. The Labute approximate surface area is 124 Å². The van der Waals surface area contributed by atoms with Gasteiger partial charge in [0.25, 0.3) is 0 Å². The largest absolute Gasteiger partial charge is 0.505 e. The zero-order chi connectivity index (χ0) is 14.8. The minimum atomic E-state index is 0.0946. The molecule has 0 spiro atoms. The van der Waals surface area contributed by atoms with Gasteiger partial charge >= 0.3 is 0 Å². The van der Waals surface area contributed by atoms with Crippen molar-refractivity contribution in [3.63, 3.8) is 0 Å². The summed E-state index contributed by atoms with van der Waals surface area (Å²) < 4.78 is 1.65. The number of nitrogens with one attached hydrogen (secondary N) is 1. The van der Waals surface area contributed by atoms with Gasteiger partial charge in [-0.3, -0.25) is 9.81 Å². The van der Waals surface area contributed by atoms with E-state index in [2.05, 4.69) is 9.98 Å². The van der Waals surface area contributed by atoms with Crippen LogP contribution in [-0.4, -0.2) is 14.5 Å². The molecule has 0 unspecified atom stereocenters. The average Bonchev–Trinajstić information content (AvgIpc) is 3.05. The van der Waals surface area contributed by atoms with Crippen molar-refractivity contribution in [2.75, 3.05) is 0 Å². The number of para-hydroxylation sites is 2. The summed E-state index contributed by atoms with van der Waals surface area (Å²) in [5.74, 6) is 0.152. The van der Waals surface area contributed by atoms with E-state index in [1.54, 1.807) is 4.40 Å². The van der Waals surface area contributed by atoms with Crippen LogP contribution in [0.2, 0.25) is 0 Å². The van der Waals surface area contributed by atoms with Crippen molar-refractivity contribution in [1.82, 2.24) is 9.38 Å². The van der Waals surface area contributed by atoms with Gasteiger partial charge in [0.05, 0.1) is 11.2 Å². The molecular weight excluding hydrogens is 276 g/mol. The molecule has 0 fully saturated rings. The van der Waals surface area contributed by atoms with Gasteiger partial charge in [-0.05, 0) is 18.2 Å². The van der Waals surface area contributed by atoms with Crippen LogP contribution in [0, 0.1) is 5.41 Å². The number of fused-ring (bicyclic) bond motifs is 7. The predicted octanol–water partition coefficient (Wildman–Crippen LogP) is 2.32. The SMILES string of the molecule is N=c1nc2c(c3c(O)c4ccccc4n13)=Nc1ccccc1-2. The Morgan fingerprint density at radius 3 is 2.68 bits per heavy atom. The van der Waals surface area contributed by atoms with Crippen LogP contribution in [0.25, 0.3) is 27.7 Å². The van der Waals surface area contributed by atoms with Crippen molar-refractivity contribution in [1.29, 1.82) is 5.41 Å². The molecule has 3 heterocycles. The van der Waals surface area contributed by atoms with Crippen LogP contribution in [0.5, 0.6) is 5.75 Å². The summed E-state index contributed by atoms with van der Waals surface area (Å²) in [6.07, 6.45) is 0. The minimum Gasteiger partial charge on any atom is -0.505 e. The highest BCUT2D eigenvalue weighted by Gasteiger charge is 2.22. The van der Waals surface area contributed by atoms with Crippen LogP contribution >= 0.6 is 0 Å². The van der Waals surface area contributed by atoms with E-state index in [1.165, 1.54) is 0 Å². The summed E-state index contributed by atoms with van der Waals surface area (Å²) in [6.45, 7) is 0. The van der Waals surface area contributed by atoms with E-state index in [-0.39, 0.29) is 11.4 Å². The Hall–Kier alpha value is -3.21. The number of rotatable bonds is 0. The first-order valence-corrected chi connectivity index (χ1v) is 6.94. The molecule has 0 atom stereocenters. The second-order valence-electron chi connectivity index (χ2n) is 5.31. The predicted molar refractivity (Wildman–Crippen MR) is 82.1 cm³/mol. The quantitative estimate of drug-likeness (QED) is 0.458. The maximum atomic E-state index is 10.6. The average molecular weight is 286 g/mol. The lowest BCUT2D eigenvalue weighted by Crippen LogP contribution is -2.24. The fourth-order valence-electron chi connectivity index (χ4n) is 3.17. The molecule has 2 aromatic heterocycles. The van der Waals surface area contributed by atoms with Gasteiger partial charge in [0.1, 0.15) is 16.6 Å². The molecule has 0 saturated heterocycles. The van der Waals surface area contributed by atoms with Crippen molar-refractivity contribution < 1.29 is 5.11 Å². The molecule has 0 radical (unpaired) electrons. The number of hydrogen-bond donors (Lipinski definition) is 2. The van der Waals surface area contributed by atoms with Crippen LogP contribution in [-0.2, 0) is 0 Å². The summed E-state index contributed by atoms with van der Waals surface area (Å²) in [6, 6.07) is 15.2. The van der Waals surface area contributed by atoms with Crippen molar-refractivity contribution >= 4 is 22.1 Å². The first-order valence-electron chi connectivity index (χ1n) is 6.94. The van der Waals surface area contributed by atoms with Gasteiger partial charge in [-0.25, -0.2) is 9.98 Å². The van der Waals surface area contributed by atoms with Gasteiger partial charge in [-0.1, -0.05) is 30.3 Å². The molecule has 5 rings (SSSR count).